The third-order valence-corrected chi connectivity index (χ3v) is 4.97. The number of rotatable bonds is 7. The normalized spacial score (nSPS) is 16.3. The van der Waals surface area contributed by atoms with Crippen LogP contribution < -0.4 is 10.0 Å². The maximum atomic E-state index is 12.6. The highest BCUT2D eigenvalue weighted by Gasteiger charge is 2.37. The fraction of sp³-hybridized carbons (Fsp3) is 0.429. The van der Waals surface area contributed by atoms with Gasteiger partial charge in [-0.2, -0.15) is 13.2 Å². The zero-order chi connectivity index (χ0) is 18.8. The predicted molar refractivity (Wildman–Crippen MR) is 78.9 cm³/mol. The van der Waals surface area contributed by atoms with Crippen LogP contribution in [-0.2, 0) is 25.8 Å². The molecule has 1 aromatic rings. The maximum absolute atomic E-state index is 12.6. The van der Waals surface area contributed by atoms with Crippen molar-refractivity contribution < 1.29 is 36.3 Å². The van der Waals surface area contributed by atoms with E-state index >= 15 is 0 Å². The first-order valence-corrected chi connectivity index (χ1v) is 8.68. The van der Waals surface area contributed by atoms with Gasteiger partial charge in [-0.25, -0.2) is 17.9 Å². The van der Waals surface area contributed by atoms with E-state index in [9.17, 15) is 31.2 Å². The molecule has 1 amide bonds. The Morgan fingerprint density at radius 2 is 1.92 bits per heavy atom. The summed E-state index contributed by atoms with van der Waals surface area (Å²) in [7, 11) is -4.36. The van der Waals surface area contributed by atoms with E-state index in [0.29, 0.717) is 18.9 Å². The standard InChI is InChI=1S/C14H15F3N2O5S/c15-14(16,17)9-2-1-3-10(6-9)25(23,24)18-7-11(20)19-12(13(21)22)8-4-5-8/h1-3,6,8,12,18H,4-5,7H2,(H,19,20)(H,21,22). The summed E-state index contributed by atoms with van der Waals surface area (Å²) < 4.78 is 63.8. The second kappa shape index (κ2) is 7.00. The van der Waals surface area contributed by atoms with Crippen LogP contribution in [0.3, 0.4) is 0 Å². The molecule has 1 saturated carbocycles. The quantitative estimate of drug-likeness (QED) is 0.652. The highest BCUT2D eigenvalue weighted by molar-refractivity contribution is 7.89. The van der Waals surface area contributed by atoms with Crippen LogP contribution in [0.25, 0.3) is 0 Å². The SMILES string of the molecule is O=C(CNS(=O)(=O)c1cccc(C(F)(F)F)c1)NC(C(=O)O)C1CC1. The number of benzene rings is 1. The van der Waals surface area contributed by atoms with E-state index in [1.54, 1.807) is 0 Å². The van der Waals surface area contributed by atoms with E-state index in [4.69, 9.17) is 5.11 Å². The van der Waals surface area contributed by atoms with Gasteiger partial charge in [0.15, 0.2) is 0 Å². The largest absolute Gasteiger partial charge is 0.480 e. The monoisotopic (exact) mass is 380 g/mol. The number of amides is 1. The van der Waals surface area contributed by atoms with E-state index in [1.165, 1.54) is 0 Å². The van der Waals surface area contributed by atoms with Gasteiger partial charge in [0.25, 0.3) is 0 Å². The number of hydrogen-bond acceptors (Lipinski definition) is 4. The van der Waals surface area contributed by atoms with E-state index in [0.717, 1.165) is 18.2 Å². The molecule has 25 heavy (non-hydrogen) atoms. The summed E-state index contributed by atoms with van der Waals surface area (Å²) >= 11 is 0. The summed E-state index contributed by atoms with van der Waals surface area (Å²) in [6.07, 6.45) is -3.41. The van der Waals surface area contributed by atoms with Gasteiger partial charge in [-0.1, -0.05) is 6.07 Å². The van der Waals surface area contributed by atoms with E-state index in [1.807, 2.05) is 4.72 Å². The molecule has 1 unspecified atom stereocenters. The van der Waals surface area contributed by atoms with Gasteiger partial charge in [-0.15, -0.1) is 0 Å². The number of alkyl halides is 3. The van der Waals surface area contributed by atoms with Crippen molar-refractivity contribution >= 4 is 21.9 Å². The molecule has 1 fully saturated rings. The van der Waals surface area contributed by atoms with Gasteiger partial charge in [0.05, 0.1) is 17.0 Å². The second-order valence-corrected chi connectivity index (χ2v) is 7.34. The Hall–Kier alpha value is -2.14. The molecule has 2 rings (SSSR count). The minimum atomic E-state index is -4.71. The summed E-state index contributed by atoms with van der Waals surface area (Å²) in [6.45, 7) is -0.783. The topological polar surface area (TPSA) is 113 Å². The minimum absolute atomic E-state index is 0.193. The Labute approximate surface area is 141 Å². The van der Waals surface area contributed by atoms with Crippen LogP contribution in [0.1, 0.15) is 18.4 Å². The molecule has 0 spiro atoms. The summed E-state index contributed by atoms with van der Waals surface area (Å²) in [5, 5.41) is 11.2. The van der Waals surface area contributed by atoms with Gasteiger partial charge in [0, 0.05) is 0 Å². The molecule has 11 heteroatoms. The fourth-order valence-electron chi connectivity index (χ4n) is 2.12. The highest BCUT2D eigenvalue weighted by Crippen LogP contribution is 2.32. The van der Waals surface area contributed by atoms with Gasteiger partial charge in [-0.3, -0.25) is 4.79 Å². The number of hydrogen-bond donors (Lipinski definition) is 3. The molecule has 1 aromatic carbocycles. The van der Waals surface area contributed by atoms with Crippen LogP contribution in [0.5, 0.6) is 0 Å². The summed E-state index contributed by atoms with van der Waals surface area (Å²) in [6, 6.07) is 1.96. The number of carboxylic acids is 1. The van der Waals surface area contributed by atoms with Crippen LogP contribution in [0.4, 0.5) is 13.2 Å². The first kappa shape index (κ1) is 19.2. The third kappa shape index (κ3) is 5.16. The molecular weight excluding hydrogens is 365 g/mol. The lowest BCUT2D eigenvalue weighted by molar-refractivity contribution is -0.142. The van der Waals surface area contributed by atoms with Crippen molar-refractivity contribution in [3.63, 3.8) is 0 Å². The smallest absolute Gasteiger partial charge is 0.416 e. The van der Waals surface area contributed by atoms with Gasteiger partial charge in [0.2, 0.25) is 15.9 Å². The predicted octanol–water partition coefficient (Wildman–Crippen LogP) is 0.963. The summed E-state index contributed by atoms with van der Waals surface area (Å²) in [4.78, 5) is 22.1. The molecular formula is C14H15F3N2O5S. The molecule has 1 aliphatic rings. The molecule has 0 bridgehead atoms. The van der Waals surface area contributed by atoms with Crippen molar-refractivity contribution in [1.29, 1.82) is 0 Å². The lowest BCUT2D eigenvalue weighted by atomic mass is 10.2. The van der Waals surface area contributed by atoms with Gasteiger partial charge in [0.1, 0.15) is 6.04 Å². The number of carbonyl (C=O) groups is 2. The minimum Gasteiger partial charge on any atom is -0.480 e. The van der Waals surface area contributed by atoms with Gasteiger partial charge >= 0.3 is 12.1 Å². The van der Waals surface area contributed by atoms with Crippen LogP contribution >= 0.6 is 0 Å². The molecule has 138 valence electrons. The molecule has 1 atom stereocenters. The number of aliphatic carboxylic acids is 1. The Kier molecular flexibility index (Phi) is 5.37. The van der Waals surface area contributed by atoms with E-state index in [-0.39, 0.29) is 5.92 Å². The lowest BCUT2D eigenvalue weighted by Gasteiger charge is -2.14. The average molecular weight is 380 g/mol. The van der Waals surface area contributed by atoms with Crippen LogP contribution in [0.2, 0.25) is 0 Å². The second-order valence-electron chi connectivity index (χ2n) is 5.57. The fourth-order valence-corrected chi connectivity index (χ4v) is 3.15. The number of carboxylic acid groups (broad SMARTS) is 1. The Morgan fingerprint density at radius 1 is 1.28 bits per heavy atom. The van der Waals surface area contributed by atoms with Crippen molar-refractivity contribution in [2.75, 3.05) is 6.54 Å². The Balaban J connectivity index is 2.01. The molecule has 7 nitrogen and oxygen atoms in total. The average Bonchev–Trinajstić information content (AvgIpc) is 3.34. The van der Waals surface area contributed by atoms with Crippen LogP contribution in [-0.4, -0.2) is 38.0 Å². The van der Waals surface area contributed by atoms with Crippen molar-refractivity contribution in [3.8, 4) is 0 Å². The molecule has 0 saturated heterocycles. The van der Waals surface area contributed by atoms with Crippen molar-refractivity contribution in [3.05, 3.63) is 29.8 Å². The maximum Gasteiger partial charge on any atom is 0.416 e. The zero-order valence-corrected chi connectivity index (χ0v) is 13.5. The third-order valence-electron chi connectivity index (χ3n) is 3.57. The molecule has 0 heterocycles. The lowest BCUT2D eigenvalue weighted by Crippen LogP contribution is -2.46. The van der Waals surface area contributed by atoms with Crippen molar-refractivity contribution in [1.82, 2.24) is 10.0 Å². The van der Waals surface area contributed by atoms with Crippen LogP contribution in [0.15, 0.2) is 29.2 Å². The highest BCUT2D eigenvalue weighted by atomic mass is 32.2. The molecule has 0 aromatic heterocycles. The first-order chi connectivity index (χ1) is 11.5. The summed E-state index contributed by atoms with van der Waals surface area (Å²) in [5.41, 5.74) is -1.14. The van der Waals surface area contributed by atoms with Crippen molar-refractivity contribution in [2.45, 2.75) is 30.0 Å². The van der Waals surface area contributed by atoms with E-state index < -0.39 is 51.1 Å². The molecule has 1 aliphatic carbocycles. The molecule has 0 radical (unpaired) electrons. The Bertz CT molecular complexity index is 775. The van der Waals surface area contributed by atoms with Gasteiger partial charge < -0.3 is 10.4 Å². The van der Waals surface area contributed by atoms with E-state index in [2.05, 4.69) is 5.32 Å². The number of halogens is 3. The van der Waals surface area contributed by atoms with Gasteiger partial charge in [-0.05, 0) is 37.0 Å². The first-order valence-electron chi connectivity index (χ1n) is 7.20. The number of nitrogens with one attached hydrogen (secondary N) is 2. The molecule has 3 N–H and O–H groups in total. The van der Waals surface area contributed by atoms with Crippen molar-refractivity contribution in [2.24, 2.45) is 5.92 Å². The van der Waals surface area contributed by atoms with Crippen LogP contribution in [0, 0.1) is 5.92 Å². The molecule has 0 aliphatic heterocycles. The number of carbonyl (C=O) groups excluding carboxylic acids is 1. The Morgan fingerprint density at radius 3 is 2.44 bits per heavy atom. The summed E-state index contributed by atoms with van der Waals surface area (Å²) in [5.74, 6) is -2.30. The number of sulfonamides is 1. The zero-order valence-electron chi connectivity index (χ0n) is 12.7.